The maximum Gasteiger partial charge on any atom is 0.191 e. The van der Waals surface area contributed by atoms with E-state index in [1.54, 1.807) is 11.0 Å². The van der Waals surface area contributed by atoms with Crippen molar-refractivity contribution in [2.75, 3.05) is 13.1 Å². The predicted molar refractivity (Wildman–Crippen MR) is 103 cm³/mol. The summed E-state index contributed by atoms with van der Waals surface area (Å²) < 4.78 is 1.77. The number of rotatable bonds is 6. The smallest absolute Gasteiger partial charge is 0.191 e. The Bertz CT molecular complexity index is 670. The Labute approximate surface area is 153 Å². The molecule has 0 amide bonds. The van der Waals surface area contributed by atoms with Gasteiger partial charge in [0.1, 0.15) is 18.7 Å². The maximum absolute atomic E-state index is 4.69. The Morgan fingerprint density at radius 1 is 1.32 bits per heavy atom. The summed E-state index contributed by atoms with van der Waals surface area (Å²) in [7, 11) is 1.89. The zero-order valence-electron chi connectivity index (χ0n) is 15.2. The maximum atomic E-state index is 4.69. The molecule has 7 heteroatoms. The second-order valence-electron chi connectivity index (χ2n) is 6.67. The summed E-state index contributed by atoms with van der Waals surface area (Å²) in [5.41, 5.74) is 0.243. The SMILES string of the molecule is CCNC(=NCc1ncnn1C)NCC1(c2cccs2)CCCCC1. The van der Waals surface area contributed by atoms with E-state index in [9.17, 15) is 0 Å². The van der Waals surface area contributed by atoms with Crippen LogP contribution in [-0.2, 0) is 19.0 Å². The van der Waals surface area contributed by atoms with E-state index in [1.165, 1.54) is 37.0 Å². The molecule has 1 fully saturated rings. The molecule has 0 atom stereocenters. The van der Waals surface area contributed by atoms with Gasteiger partial charge >= 0.3 is 0 Å². The van der Waals surface area contributed by atoms with Gasteiger partial charge in [-0.15, -0.1) is 11.3 Å². The monoisotopic (exact) mass is 360 g/mol. The first-order valence-electron chi connectivity index (χ1n) is 9.12. The van der Waals surface area contributed by atoms with Gasteiger partial charge in [0.05, 0.1) is 0 Å². The van der Waals surface area contributed by atoms with Gasteiger partial charge in [-0.1, -0.05) is 25.3 Å². The average Bonchev–Trinajstić information content (AvgIpc) is 3.30. The minimum absolute atomic E-state index is 0.243. The Morgan fingerprint density at radius 3 is 2.80 bits per heavy atom. The highest BCUT2D eigenvalue weighted by Gasteiger charge is 2.34. The lowest BCUT2D eigenvalue weighted by Gasteiger charge is -2.37. The summed E-state index contributed by atoms with van der Waals surface area (Å²) in [6.45, 7) is 4.39. The van der Waals surface area contributed by atoms with Crippen molar-refractivity contribution in [2.24, 2.45) is 12.0 Å². The molecule has 1 aliphatic rings. The molecule has 0 saturated heterocycles. The highest BCUT2D eigenvalue weighted by atomic mass is 32.1. The molecule has 25 heavy (non-hydrogen) atoms. The van der Waals surface area contributed by atoms with Gasteiger partial charge in [0.25, 0.3) is 0 Å². The molecule has 2 aromatic rings. The third kappa shape index (κ3) is 4.39. The average molecular weight is 361 g/mol. The molecule has 136 valence electrons. The van der Waals surface area contributed by atoms with Crippen LogP contribution in [0, 0.1) is 0 Å². The molecular weight excluding hydrogens is 332 g/mol. The van der Waals surface area contributed by atoms with Crippen LogP contribution in [0.3, 0.4) is 0 Å². The fraction of sp³-hybridized carbons (Fsp3) is 0.611. The lowest BCUT2D eigenvalue weighted by molar-refractivity contribution is 0.296. The van der Waals surface area contributed by atoms with Gasteiger partial charge in [-0.2, -0.15) is 5.10 Å². The summed E-state index contributed by atoms with van der Waals surface area (Å²) in [6, 6.07) is 4.46. The van der Waals surface area contributed by atoms with Crippen LogP contribution in [0.4, 0.5) is 0 Å². The molecule has 0 unspecified atom stereocenters. The third-order valence-electron chi connectivity index (χ3n) is 4.98. The summed E-state index contributed by atoms with van der Waals surface area (Å²) in [5, 5.41) is 13.2. The van der Waals surface area contributed by atoms with Crippen LogP contribution in [-0.4, -0.2) is 33.8 Å². The van der Waals surface area contributed by atoms with Crippen molar-refractivity contribution in [2.45, 2.75) is 51.0 Å². The van der Waals surface area contributed by atoms with E-state index in [0.717, 1.165) is 24.9 Å². The first-order valence-corrected chi connectivity index (χ1v) is 10.0. The zero-order valence-corrected chi connectivity index (χ0v) is 16.0. The van der Waals surface area contributed by atoms with E-state index in [-0.39, 0.29) is 5.41 Å². The van der Waals surface area contributed by atoms with Crippen LogP contribution in [0.25, 0.3) is 0 Å². The fourth-order valence-electron chi connectivity index (χ4n) is 3.53. The van der Waals surface area contributed by atoms with E-state index < -0.39 is 0 Å². The van der Waals surface area contributed by atoms with Gasteiger partial charge in [0, 0.05) is 30.4 Å². The van der Waals surface area contributed by atoms with E-state index in [1.807, 2.05) is 18.4 Å². The molecule has 0 spiro atoms. The number of hydrogen-bond acceptors (Lipinski definition) is 4. The Balaban J connectivity index is 1.69. The van der Waals surface area contributed by atoms with Gasteiger partial charge < -0.3 is 10.6 Å². The zero-order chi connectivity index (χ0) is 17.5. The molecule has 2 N–H and O–H groups in total. The van der Waals surface area contributed by atoms with Crippen LogP contribution in [0.1, 0.15) is 49.7 Å². The quantitative estimate of drug-likeness (QED) is 0.614. The Hall–Kier alpha value is -1.89. The molecular formula is C18H28N6S. The molecule has 0 aliphatic heterocycles. The topological polar surface area (TPSA) is 67.1 Å². The van der Waals surface area contributed by atoms with Crippen molar-refractivity contribution in [1.29, 1.82) is 0 Å². The molecule has 0 aromatic carbocycles. The van der Waals surface area contributed by atoms with Crippen molar-refractivity contribution in [3.8, 4) is 0 Å². The fourth-order valence-corrected chi connectivity index (χ4v) is 4.51. The minimum Gasteiger partial charge on any atom is -0.357 e. The molecule has 3 rings (SSSR count). The third-order valence-corrected chi connectivity index (χ3v) is 6.09. The highest BCUT2D eigenvalue weighted by Crippen LogP contribution is 2.41. The first-order chi connectivity index (χ1) is 12.2. The summed E-state index contributed by atoms with van der Waals surface area (Å²) in [4.78, 5) is 10.4. The van der Waals surface area contributed by atoms with Crippen molar-refractivity contribution in [3.63, 3.8) is 0 Å². The van der Waals surface area contributed by atoms with Crippen molar-refractivity contribution in [1.82, 2.24) is 25.4 Å². The lowest BCUT2D eigenvalue weighted by atomic mass is 9.73. The van der Waals surface area contributed by atoms with Gasteiger partial charge in [0.15, 0.2) is 5.96 Å². The van der Waals surface area contributed by atoms with Crippen LogP contribution in [0.15, 0.2) is 28.8 Å². The Kier molecular flexibility index (Phi) is 6.07. The largest absolute Gasteiger partial charge is 0.357 e. The summed E-state index contributed by atoms with van der Waals surface area (Å²) in [5.74, 6) is 1.72. The standard InChI is InChI=1S/C18H28N6S/c1-3-19-17(20-12-16-22-14-23-24(16)2)21-13-18(9-5-4-6-10-18)15-8-7-11-25-15/h7-8,11,14H,3-6,9-10,12-13H2,1-2H3,(H2,19,20,21). The van der Waals surface area contributed by atoms with Crippen molar-refractivity contribution < 1.29 is 0 Å². The highest BCUT2D eigenvalue weighted by molar-refractivity contribution is 7.10. The van der Waals surface area contributed by atoms with Gasteiger partial charge in [-0.3, -0.25) is 4.68 Å². The van der Waals surface area contributed by atoms with Crippen LogP contribution < -0.4 is 10.6 Å². The number of thiophene rings is 1. The number of nitrogens with zero attached hydrogens (tertiary/aromatic N) is 4. The molecule has 2 heterocycles. The lowest BCUT2D eigenvalue weighted by Crippen LogP contribution is -2.46. The molecule has 1 saturated carbocycles. The van der Waals surface area contributed by atoms with E-state index in [0.29, 0.717) is 6.54 Å². The first kappa shape index (κ1) is 17.9. The summed E-state index contributed by atoms with van der Waals surface area (Å²) in [6.07, 6.45) is 8.05. The van der Waals surface area contributed by atoms with Gasteiger partial charge in [-0.25, -0.2) is 9.98 Å². The molecule has 6 nitrogen and oxygen atoms in total. The normalized spacial score (nSPS) is 17.4. The minimum atomic E-state index is 0.243. The van der Waals surface area contributed by atoms with Crippen molar-refractivity contribution in [3.05, 3.63) is 34.5 Å². The number of nitrogens with one attached hydrogen (secondary N) is 2. The van der Waals surface area contributed by atoms with E-state index in [4.69, 9.17) is 0 Å². The number of aryl methyl sites for hydroxylation is 1. The van der Waals surface area contributed by atoms with Crippen molar-refractivity contribution >= 4 is 17.3 Å². The van der Waals surface area contributed by atoms with Gasteiger partial charge in [0.2, 0.25) is 0 Å². The predicted octanol–water partition coefficient (Wildman–Crippen LogP) is 2.83. The molecule has 0 bridgehead atoms. The Morgan fingerprint density at radius 2 is 2.16 bits per heavy atom. The second kappa shape index (κ2) is 8.47. The van der Waals surface area contributed by atoms with E-state index >= 15 is 0 Å². The molecule has 0 radical (unpaired) electrons. The number of aliphatic imine (C=N–C) groups is 1. The number of aromatic nitrogens is 3. The number of guanidine groups is 1. The van der Waals surface area contributed by atoms with Crippen LogP contribution in [0.5, 0.6) is 0 Å². The molecule has 1 aliphatic carbocycles. The van der Waals surface area contributed by atoms with Gasteiger partial charge in [-0.05, 0) is 31.2 Å². The van der Waals surface area contributed by atoms with E-state index in [2.05, 4.69) is 50.1 Å². The van der Waals surface area contributed by atoms with Crippen LogP contribution >= 0.6 is 11.3 Å². The van der Waals surface area contributed by atoms with Crippen LogP contribution in [0.2, 0.25) is 0 Å². The second-order valence-corrected chi connectivity index (χ2v) is 7.61. The molecule has 2 aromatic heterocycles. The number of hydrogen-bond donors (Lipinski definition) is 2. The summed E-state index contributed by atoms with van der Waals surface area (Å²) >= 11 is 1.88.